The van der Waals surface area contributed by atoms with Crippen LogP contribution in [0.1, 0.15) is 85.6 Å². The zero-order chi connectivity index (χ0) is 32.2. The lowest BCUT2D eigenvalue weighted by atomic mass is 9.43. The molecule has 2 bridgehead atoms. The van der Waals surface area contributed by atoms with Gasteiger partial charge in [-0.1, -0.05) is 63.5 Å². The van der Waals surface area contributed by atoms with E-state index < -0.39 is 23.7 Å². The first-order valence-corrected chi connectivity index (χ1v) is 15.8. The lowest BCUT2D eigenvalue weighted by Gasteiger charge is -2.64. The fourth-order valence-electron chi connectivity index (χ4n) is 7.37. The number of nitrogens with one attached hydrogen (secondary N) is 2. The van der Waals surface area contributed by atoms with Crippen LogP contribution in [-0.4, -0.2) is 54.0 Å². The molecule has 1 heterocycles. The van der Waals surface area contributed by atoms with Crippen LogP contribution < -0.4 is 16.5 Å². The van der Waals surface area contributed by atoms with Gasteiger partial charge in [-0.3, -0.25) is 9.59 Å². The van der Waals surface area contributed by atoms with Gasteiger partial charge in [-0.25, -0.2) is 15.1 Å². The monoisotopic (exact) mass is 609 g/mol. The summed E-state index contributed by atoms with van der Waals surface area (Å²) in [5.74, 6) is -0.389. The van der Waals surface area contributed by atoms with Crippen molar-refractivity contribution in [3.05, 3.63) is 51.6 Å². The minimum Gasteiger partial charge on any atom is -0.404 e. The van der Waals surface area contributed by atoms with Crippen molar-refractivity contribution < 1.29 is 23.9 Å². The van der Waals surface area contributed by atoms with Crippen LogP contribution in [0.5, 0.6) is 0 Å². The van der Waals surface area contributed by atoms with Gasteiger partial charge < -0.3 is 20.4 Å². The highest BCUT2D eigenvalue weighted by Gasteiger charge is 2.68. The summed E-state index contributed by atoms with van der Waals surface area (Å²) in [4.78, 5) is 41.8. The topological polar surface area (TPSA) is 158 Å². The molecular weight excluding hydrogens is 561 g/mol. The van der Waals surface area contributed by atoms with Gasteiger partial charge in [0.05, 0.1) is 17.6 Å². The first-order chi connectivity index (χ1) is 20.7. The second-order valence-electron chi connectivity index (χ2n) is 13.9. The largest absolute Gasteiger partial charge is 0.481 e. The lowest BCUT2D eigenvalue weighted by molar-refractivity contribution is -0.525. The normalized spacial score (nSPS) is 27.2. The molecule has 5 rings (SSSR count). The van der Waals surface area contributed by atoms with Crippen molar-refractivity contribution >= 4 is 30.8 Å². The predicted molar refractivity (Wildman–Crippen MR) is 171 cm³/mol. The number of nitrogens with two attached hydrogens (primary N) is 1. The Labute approximate surface area is 261 Å². The average Bonchev–Trinajstić information content (AvgIpc) is 3.31. The Kier molecular flexibility index (Phi) is 10.6. The molecule has 1 aliphatic heterocycles. The summed E-state index contributed by atoms with van der Waals surface area (Å²) >= 11 is 0. The Hall–Kier alpha value is -3.25. The molecule has 240 valence electrons. The number of aliphatic imine (C=N–C) groups is 1. The second-order valence-corrected chi connectivity index (χ2v) is 13.9. The van der Waals surface area contributed by atoms with Crippen LogP contribution in [0.25, 0.3) is 6.08 Å². The Morgan fingerprint density at radius 2 is 1.93 bits per heavy atom. The number of rotatable bonds is 14. The highest BCUT2D eigenvalue weighted by atomic mass is 16.7. The van der Waals surface area contributed by atoms with Gasteiger partial charge in [-0.05, 0) is 86.3 Å². The third-order valence-corrected chi connectivity index (χ3v) is 9.97. The van der Waals surface area contributed by atoms with Crippen molar-refractivity contribution in [2.45, 2.75) is 97.7 Å². The van der Waals surface area contributed by atoms with Gasteiger partial charge in [0, 0.05) is 18.9 Å². The molecule has 6 atom stereocenters. The maximum absolute atomic E-state index is 13.9. The molecule has 4 N–H and O–H groups in total. The number of carbonyl (C=O) groups is 2. The second kappa shape index (κ2) is 13.8. The number of nitrogens with zero attached hydrogens (tertiary/aromatic N) is 2. The fourth-order valence-corrected chi connectivity index (χ4v) is 7.37. The number of Topliss-reactive ketones (excluding diaryl/α,β-unsaturated/α-hetero) is 1. The summed E-state index contributed by atoms with van der Waals surface area (Å²) in [5.41, 5.74) is 8.64. The number of guanidine groups is 1. The number of carbonyl (C=O) groups excluding carboxylic acids is 2. The van der Waals surface area contributed by atoms with Gasteiger partial charge in [0.15, 0.2) is 10.8 Å². The summed E-state index contributed by atoms with van der Waals surface area (Å²) in [7, 11) is -0.569. The first-order valence-electron chi connectivity index (χ1n) is 15.8. The predicted octanol–water partition coefficient (Wildman–Crippen LogP) is 4.34. The summed E-state index contributed by atoms with van der Waals surface area (Å²) in [5, 5.41) is 13.1. The Bertz CT molecular complexity index is 1270. The molecule has 12 heteroatoms. The van der Waals surface area contributed by atoms with E-state index in [1.165, 1.54) is 0 Å². The van der Waals surface area contributed by atoms with Gasteiger partial charge in [0.1, 0.15) is 0 Å². The zero-order valence-electron chi connectivity index (χ0n) is 26.9. The van der Waals surface area contributed by atoms with Crippen LogP contribution in [0.15, 0.2) is 40.9 Å². The van der Waals surface area contributed by atoms with Gasteiger partial charge >= 0.3 is 7.12 Å². The van der Waals surface area contributed by atoms with Gasteiger partial charge in [-0.2, -0.15) is 0 Å². The lowest BCUT2D eigenvalue weighted by Crippen LogP contribution is -2.65. The average molecular weight is 610 g/mol. The van der Waals surface area contributed by atoms with E-state index in [0.29, 0.717) is 36.7 Å². The van der Waals surface area contributed by atoms with Gasteiger partial charge in [0.2, 0.25) is 5.91 Å². The van der Waals surface area contributed by atoms with Crippen molar-refractivity contribution in [1.29, 1.82) is 0 Å². The smallest absolute Gasteiger partial charge is 0.404 e. The number of amides is 1. The van der Waals surface area contributed by atoms with Crippen molar-refractivity contribution in [3.8, 4) is 0 Å². The van der Waals surface area contributed by atoms with Gasteiger partial charge in [0.25, 0.3) is 5.96 Å². The number of ketones is 1. The molecule has 4 fully saturated rings. The molecule has 1 aromatic carbocycles. The molecule has 1 saturated heterocycles. The molecule has 3 saturated carbocycles. The van der Waals surface area contributed by atoms with E-state index in [4.69, 9.17) is 15.0 Å². The number of nitro groups is 1. The molecule has 11 nitrogen and oxygen atoms in total. The van der Waals surface area contributed by atoms with Gasteiger partial charge in [-0.15, -0.1) is 0 Å². The van der Waals surface area contributed by atoms with E-state index in [1.54, 1.807) is 6.92 Å². The maximum atomic E-state index is 13.9. The minimum atomic E-state index is -0.779. The molecule has 0 spiro atoms. The van der Waals surface area contributed by atoms with E-state index >= 15 is 0 Å². The molecule has 44 heavy (non-hydrogen) atoms. The molecule has 1 aromatic rings. The van der Waals surface area contributed by atoms with Crippen LogP contribution in [0.4, 0.5) is 0 Å². The molecule has 4 aliphatic rings. The SMILES string of the molecule is C/C(=C\c1ccccc1)C(=O)C[C@@H](CCCN=C(N)N[N+](=O)[O-])C(=O)N[C@@H](CC(C)C)B1O[C@@H]2C[C@@H]3C[C@@H](C3(C)C)[C@]2(C)O1. The maximum Gasteiger partial charge on any atom is 0.481 e. The van der Waals surface area contributed by atoms with Crippen molar-refractivity contribution in [1.82, 2.24) is 10.7 Å². The van der Waals surface area contributed by atoms with Crippen LogP contribution in [0.3, 0.4) is 0 Å². The molecular formula is C32H48BN5O6. The molecule has 1 amide bonds. The number of hydrogen-bond acceptors (Lipinski definition) is 7. The van der Waals surface area contributed by atoms with E-state index in [9.17, 15) is 19.7 Å². The number of hydrazine groups is 1. The summed E-state index contributed by atoms with van der Waals surface area (Å²) in [6, 6.07) is 9.56. The fraction of sp³-hybridized carbons (Fsp3) is 0.656. The molecule has 0 unspecified atom stereocenters. The van der Waals surface area contributed by atoms with Crippen molar-refractivity contribution in [2.24, 2.45) is 39.8 Å². The van der Waals surface area contributed by atoms with E-state index in [-0.39, 0.29) is 54.0 Å². The van der Waals surface area contributed by atoms with Crippen LogP contribution in [-0.2, 0) is 18.9 Å². The quantitative estimate of drug-likeness (QED) is 0.0535. The first kappa shape index (κ1) is 33.6. The zero-order valence-corrected chi connectivity index (χ0v) is 26.9. The van der Waals surface area contributed by atoms with Crippen LogP contribution in [0, 0.1) is 39.2 Å². The highest BCUT2D eigenvalue weighted by Crippen LogP contribution is 2.65. The molecule has 0 radical (unpaired) electrons. The summed E-state index contributed by atoms with van der Waals surface area (Å²) in [6.07, 6.45) is 5.36. The van der Waals surface area contributed by atoms with E-state index in [2.05, 4.69) is 44.9 Å². The van der Waals surface area contributed by atoms with Crippen molar-refractivity contribution in [2.75, 3.05) is 6.54 Å². The molecule has 0 aromatic heterocycles. The minimum absolute atomic E-state index is 0.00455. The Balaban J connectivity index is 1.48. The van der Waals surface area contributed by atoms with E-state index in [1.807, 2.05) is 41.8 Å². The molecule has 3 aliphatic carbocycles. The third-order valence-electron chi connectivity index (χ3n) is 9.97. The van der Waals surface area contributed by atoms with E-state index in [0.717, 1.165) is 18.4 Å². The van der Waals surface area contributed by atoms with Crippen molar-refractivity contribution in [3.63, 3.8) is 0 Å². The third kappa shape index (κ3) is 7.69. The highest BCUT2D eigenvalue weighted by molar-refractivity contribution is 6.47. The summed E-state index contributed by atoms with van der Waals surface area (Å²) < 4.78 is 13.3. The number of allylic oxidation sites excluding steroid dienone is 1. The van der Waals surface area contributed by atoms with Crippen LogP contribution in [0.2, 0.25) is 0 Å². The summed E-state index contributed by atoms with van der Waals surface area (Å²) in [6.45, 7) is 12.9. The Morgan fingerprint density at radius 3 is 2.57 bits per heavy atom. The standard InChI is InChI=1S/C32H48BN5O6/c1-20(2)15-28(33-43-27-19-24-18-26(31(24,4)5)32(27,6)44-33)36-29(40)23(13-10-14-35-30(34)37-38(41)42)17-25(39)21(3)16-22-11-8-7-9-12-22/h7-9,11-12,16,20,23-24,26-28H,10,13-15,17-19H2,1-6H3,(H,36,40)(H3,34,35,37)/b21-16+/t23-,24+,26+,27-,28+,32+/m1/s1. The number of hydrogen-bond donors (Lipinski definition) is 3. The number of benzene rings is 1. The Morgan fingerprint density at radius 1 is 1.23 bits per heavy atom. The van der Waals surface area contributed by atoms with Crippen LogP contribution >= 0.6 is 0 Å².